The summed E-state index contributed by atoms with van der Waals surface area (Å²) < 4.78 is 0. The number of ketones is 1. The van der Waals surface area contributed by atoms with E-state index in [1.165, 1.54) is 5.56 Å². The second kappa shape index (κ2) is 7.23. The highest BCUT2D eigenvalue weighted by atomic mass is 16.3. The summed E-state index contributed by atoms with van der Waals surface area (Å²) in [7, 11) is 0. The summed E-state index contributed by atoms with van der Waals surface area (Å²) in [5.74, 6) is 0.245. The SMILES string of the molecule is CCC(C)C(=O)CC(O)CCc1ccccc1. The fourth-order valence-electron chi connectivity index (χ4n) is 1.74. The Hall–Kier alpha value is -1.15. The Morgan fingerprint density at radius 1 is 1.29 bits per heavy atom. The van der Waals surface area contributed by atoms with Crippen molar-refractivity contribution in [1.82, 2.24) is 0 Å². The summed E-state index contributed by atoms with van der Waals surface area (Å²) in [4.78, 5) is 11.6. The van der Waals surface area contributed by atoms with Crippen LogP contribution in [0.15, 0.2) is 30.3 Å². The van der Waals surface area contributed by atoms with Gasteiger partial charge >= 0.3 is 0 Å². The summed E-state index contributed by atoms with van der Waals surface area (Å²) in [5, 5.41) is 9.80. The molecule has 1 aromatic carbocycles. The largest absolute Gasteiger partial charge is 0.393 e. The van der Waals surface area contributed by atoms with Crippen molar-refractivity contribution in [3.63, 3.8) is 0 Å². The van der Waals surface area contributed by atoms with Gasteiger partial charge in [0.05, 0.1) is 6.10 Å². The zero-order chi connectivity index (χ0) is 12.7. The first kappa shape index (κ1) is 13.9. The Morgan fingerprint density at radius 3 is 2.53 bits per heavy atom. The molecule has 0 heterocycles. The lowest BCUT2D eigenvalue weighted by Crippen LogP contribution is -2.19. The van der Waals surface area contributed by atoms with Crippen LogP contribution < -0.4 is 0 Å². The average molecular weight is 234 g/mol. The summed E-state index contributed by atoms with van der Waals surface area (Å²) >= 11 is 0. The first-order chi connectivity index (χ1) is 8.13. The van der Waals surface area contributed by atoms with E-state index in [-0.39, 0.29) is 11.7 Å². The first-order valence-corrected chi connectivity index (χ1v) is 6.38. The molecule has 2 unspecified atom stereocenters. The number of carbonyl (C=O) groups excluding carboxylic acids is 1. The van der Waals surface area contributed by atoms with E-state index in [4.69, 9.17) is 0 Å². The molecular formula is C15H22O2. The number of hydrogen-bond donors (Lipinski definition) is 1. The summed E-state index contributed by atoms with van der Waals surface area (Å²) in [6.45, 7) is 3.92. The number of rotatable bonds is 7. The molecule has 0 aliphatic heterocycles. The molecule has 0 aliphatic rings. The van der Waals surface area contributed by atoms with Crippen molar-refractivity contribution in [3.8, 4) is 0 Å². The van der Waals surface area contributed by atoms with Gasteiger partial charge in [-0.15, -0.1) is 0 Å². The van der Waals surface area contributed by atoms with Crippen LogP contribution in [0.4, 0.5) is 0 Å². The first-order valence-electron chi connectivity index (χ1n) is 6.38. The topological polar surface area (TPSA) is 37.3 Å². The Kier molecular flexibility index (Phi) is 5.92. The third kappa shape index (κ3) is 5.14. The molecule has 0 saturated carbocycles. The van der Waals surface area contributed by atoms with Gasteiger partial charge in [-0.1, -0.05) is 44.2 Å². The minimum Gasteiger partial charge on any atom is -0.393 e. The molecule has 0 aromatic heterocycles. The number of aliphatic hydroxyl groups is 1. The molecule has 17 heavy (non-hydrogen) atoms. The fraction of sp³-hybridized carbons (Fsp3) is 0.533. The van der Waals surface area contributed by atoms with Gasteiger partial charge in [0.25, 0.3) is 0 Å². The van der Waals surface area contributed by atoms with Crippen molar-refractivity contribution in [3.05, 3.63) is 35.9 Å². The molecule has 0 bridgehead atoms. The molecule has 0 amide bonds. The van der Waals surface area contributed by atoms with Gasteiger partial charge in [0, 0.05) is 12.3 Å². The maximum atomic E-state index is 11.6. The minimum atomic E-state index is -0.503. The molecule has 2 nitrogen and oxygen atoms in total. The fourth-order valence-corrected chi connectivity index (χ4v) is 1.74. The van der Waals surface area contributed by atoms with Crippen molar-refractivity contribution >= 4 is 5.78 Å². The third-order valence-electron chi connectivity index (χ3n) is 3.21. The van der Waals surface area contributed by atoms with Crippen molar-refractivity contribution in [2.24, 2.45) is 5.92 Å². The van der Waals surface area contributed by atoms with Crippen molar-refractivity contribution < 1.29 is 9.90 Å². The van der Waals surface area contributed by atoms with Crippen LogP contribution in [0, 0.1) is 5.92 Å². The monoisotopic (exact) mass is 234 g/mol. The average Bonchev–Trinajstić information content (AvgIpc) is 2.36. The van der Waals surface area contributed by atoms with Crippen LogP contribution >= 0.6 is 0 Å². The van der Waals surface area contributed by atoms with E-state index in [9.17, 15) is 9.90 Å². The van der Waals surface area contributed by atoms with Crippen LogP contribution in [-0.4, -0.2) is 17.0 Å². The van der Waals surface area contributed by atoms with Gasteiger partial charge in [0.2, 0.25) is 0 Å². The highest BCUT2D eigenvalue weighted by Crippen LogP contribution is 2.11. The summed E-state index contributed by atoms with van der Waals surface area (Å²) in [5.41, 5.74) is 1.21. The molecular weight excluding hydrogens is 212 g/mol. The van der Waals surface area contributed by atoms with E-state index in [0.29, 0.717) is 12.8 Å². The molecule has 1 rings (SSSR count). The number of hydrogen-bond acceptors (Lipinski definition) is 2. The van der Waals surface area contributed by atoms with Gasteiger partial charge in [-0.2, -0.15) is 0 Å². The molecule has 0 radical (unpaired) electrons. The van der Waals surface area contributed by atoms with Gasteiger partial charge in [-0.05, 0) is 24.8 Å². The molecule has 0 spiro atoms. The number of aryl methyl sites for hydroxylation is 1. The number of carbonyl (C=O) groups is 1. The summed E-state index contributed by atoms with van der Waals surface area (Å²) in [6.07, 6.45) is 2.13. The lowest BCUT2D eigenvalue weighted by atomic mass is 9.96. The molecule has 94 valence electrons. The highest BCUT2D eigenvalue weighted by molar-refractivity contribution is 5.80. The number of benzene rings is 1. The lowest BCUT2D eigenvalue weighted by Gasteiger charge is -2.12. The van der Waals surface area contributed by atoms with Crippen LogP contribution in [0.3, 0.4) is 0 Å². The second-order valence-electron chi connectivity index (χ2n) is 4.66. The Morgan fingerprint density at radius 2 is 1.94 bits per heavy atom. The molecule has 1 aromatic rings. The van der Waals surface area contributed by atoms with Crippen LogP contribution in [-0.2, 0) is 11.2 Å². The van der Waals surface area contributed by atoms with Crippen LogP contribution in [0.1, 0.15) is 38.7 Å². The van der Waals surface area contributed by atoms with Gasteiger partial charge < -0.3 is 5.11 Å². The van der Waals surface area contributed by atoms with E-state index >= 15 is 0 Å². The molecule has 0 fully saturated rings. The number of aliphatic hydroxyl groups excluding tert-OH is 1. The van der Waals surface area contributed by atoms with Crippen LogP contribution in [0.25, 0.3) is 0 Å². The third-order valence-corrected chi connectivity index (χ3v) is 3.21. The van der Waals surface area contributed by atoms with Crippen LogP contribution in [0.5, 0.6) is 0 Å². The van der Waals surface area contributed by atoms with E-state index < -0.39 is 6.10 Å². The summed E-state index contributed by atoms with van der Waals surface area (Å²) in [6, 6.07) is 10.1. The molecule has 0 aliphatic carbocycles. The minimum absolute atomic E-state index is 0.0707. The van der Waals surface area contributed by atoms with Gasteiger partial charge in [0.1, 0.15) is 5.78 Å². The van der Waals surface area contributed by atoms with Crippen LogP contribution in [0.2, 0.25) is 0 Å². The highest BCUT2D eigenvalue weighted by Gasteiger charge is 2.15. The maximum Gasteiger partial charge on any atom is 0.138 e. The zero-order valence-electron chi connectivity index (χ0n) is 10.7. The Labute approximate surface area is 104 Å². The van der Waals surface area contributed by atoms with Gasteiger partial charge in [0.15, 0.2) is 0 Å². The lowest BCUT2D eigenvalue weighted by molar-refractivity contribution is -0.124. The van der Waals surface area contributed by atoms with Crippen molar-refractivity contribution in [2.75, 3.05) is 0 Å². The van der Waals surface area contributed by atoms with E-state index in [2.05, 4.69) is 0 Å². The Balaban J connectivity index is 2.30. The standard InChI is InChI=1S/C15H22O2/c1-3-12(2)15(17)11-14(16)10-9-13-7-5-4-6-8-13/h4-8,12,14,16H,3,9-11H2,1-2H3. The molecule has 2 heteroatoms. The molecule has 0 saturated heterocycles. The smallest absolute Gasteiger partial charge is 0.138 e. The van der Waals surface area contributed by atoms with E-state index in [1.54, 1.807) is 0 Å². The van der Waals surface area contributed by atoms with Crippen molar-refractivity contribution in [1.29, 1.82) is 0 Å². The predicted octanol–water partition coefficient (Wildman–Crippen LogP) is 2.99. The quantitative estimate of drug-likeness (QED) is 0.787. The second-order valence-corrected chi connectivity index (χ2v) is 4.66. The maximum absolute atomic E-state index is 11.6. The van der Waals surface area contributed by atoms with E-state index in [1.807, 2.05) is 44.2 Å². The van der Waals surface area contributed by atoms with Gasteiger partial charge in [-0.3, -0.25) is 4.79 Å². The predicted molar refractivity (Wildman–Crippen MR) is 69.8 cm³/mol. The normalized spacial score (nSPS) is 14.3. The Bertz CT molecular complexity index is 332. The zero-order valence-corrected chi connectivity index (χ0v) is 10.7. The van der Waals surface area contributed by atoms with E-state index in [0.717, 1.165) is 12.8 Å². The number of Topliss-reactive ketones (excluding diaryl/α,β-unsaturated/α-hetero) is 1. The van der Waals surface area contributed by atoms with Crippen molar-refractivity contribution in [2.45, 2.75) is 45.6 Å². The molecule has 1 N–H and O–H groups in total. The van der Waals surface area contributed by atoms with Gasteiger partial charge in [-0.25, -0.2) is 0 Å². The molecule has 2 atom stereocenters.